The Labute approximate surface area is 164 Å². The van der Waals surface area contributed by atoms with E-state index in [4.69, 9.17) is 0 Å². The third-order valence-electron chi connectivity index (χ3n) is 5.43. The molecule has 1 aliphatic heterocycles. The molecule has 28 heavy (non-hydrogen) atoms. The summed E-state index contributed by atoms with van der Waals surface area (Å²) in [6.45, 7) is 3.05. The average Bonchev–Trinajstić information content (AvgIpc) is 3.23. The predicted molar refractivity (Wildman–Crippen MR) is 110 cm³/mol. The topological polar surface area (TPSA) is 54.8 Å². The van der Waals surface area contributed by atoms with Crippen molar-refractivity contribution in [3.8, 4) is 11.3 Å². The third kappa shape index (κ3) is 3.49. The molecule has 0 radical (unpaired) electrons. The zero-order chi connectivity index (χ0) is 18.8. The molecule has 0 bridgehead atoms. The maximum atomic E-state index is 4.60. The summed E-state index contributed by atoms with van der Waals surface area (Å²) >= 11 is 0. The molecular formula is C23H21N5. The summed E-state index contributed by atoms with van der Waals surface area (Å²) in [7, 11) is 0. The van der Waals surface area contributed by atoms with Crippen molar-refractivity contribution < 1.29 is 0 Å². The second-order valence-corrected chi connectivity index (χ2v) is 7.36. The van der Waals surface area contributed by atoms with Crippen molar-refractivity contribution in [2.75, 3.05) is 13.1 Å². The summed E-state index contributed by atoms with van der Waals surface area (Å²) in [6, 6.07) is 14.7. The third-order valence-corrected chi connectivity index (χ3v) is 5.43. The Morgan fingerprint density at radius 3 is 2.79 bits per heavy atom. The van der Waals surface area contributed by atoms with E-state index in [1.807, 2.05) is 43.0 Å². The van der Waals surface area contributed by atoms with Gasteiger partial charge in [0.25, 0.3) is 0 Å². The summed E-state index contributed by atoms with van der Waals surface area (Å²) < 4.78 is 0. The van der Waals surface area contributed by atoms with Crippen LogP contribution in [0.3, 0.4) is 0 Å². The van der Waals surface area contributed by atoms with Gasteiger partial charge in [-0.25, -0.2) is 9.97 Å². The highest BCUT2D eigenvalue weighted by molar-refractivity contribution is 5.82. The zero-order valence-corrected chi connectivity index (χ0v) is 15.6. The number of pyridine rings is 2. The van der Waals surface area contributed by atoms with Gasteiger partial charge in [0.05, 0.1) is 11.2 Å². The minimum atomic E-state index is 0.528. The van der Waals surface area contributed by atoms with Gasteiger partial charge in [-0.15, -0.1) is 0 Å². The number of benzene rings is 1. The standard InChI is InChI=1S/C23H21N5/c1-2-4-22-19(3-1)9-21(13-27-22)23-10-18(5-7-26-23)20-6-8-28(15-20)14-17-11-24-16-25-12-17/h1-5,7,9-13,16,20H,6,8,14-15H2/t20-/m1/s1. The molecule has 5 nitrogen and oxygen atoms in total. The number of likely N-dealkylation sites (tertiary alicyclic amines) is 1. The van der Waals surface area contributed by atoms with Gasteiger partial charge in [0.2, 0.25) is 0 Å². The number of para-hydroxylation sites is 1. The molecule has 0 unspecified atom stereocenters. The second kappa shape index (κ2) is 7.44. The normalized spacial score (nSPS) is 17.2. The van der Waals surface area contributed by atoms with E-state index in [2.05, 4.69) is 49.1 Å². The molecule has 0 N–H and O–H groups in total. The van der Waals surface area contributed by atoms with Crippen LogP contribution >= 0.6 is 0 Å². The highest BCUT2D eigenvalue weighted by atomic mass is 15.1. The van der Waals surface area contributed by atoms with Gasteiger partial charge in [-0.05, 0) is 48.7 Å². The van der Waals surface area contributed by atoms with Crippen LogP contribution in [-0.4, -0.2) is 37.9 Å². The number of nitrogens with zero attached hydrogens (tertiary/aromatic N) is 5. The molecule has 0 saturated carbocycles. The zero-order valence-electron chi connectivity index (χ0n) is 15.6. The van der Waals surface area contributed by atoms with Crippen molar-refractivity contribution in [2.45, 2.75) is 18.9 Å². The van der Waals surface area contributed by atoms with Crippen LogP contribution in [0.4, 0.5) is 0 Å². The first-order chi connectivity index (χ1) is 13.8. The van der Waals surface area contributed by atoms with Crippen LogP contribution in [0.15, 0.2) is 73.6 Å². The van der Waals surface area contributed by atoms with E-state index in [-0.39, 0.29) is 0 Å². The van der Waals surface area contributed by atoms with E-state index in [0.29, 0.717) is 5.92 Å². The minimum Gasteiger partial charge on any atom is -0.298 e. The lowest BCUT2D eigenvalue weighted by atomic mass is 9.97. The van der Waals surface area contributed by atoms with Gasteiger partial charge in [-0.1, -0.05) is 18.2 Å². The fraction of sp³-hybridized carbons (Fsp3) is 0.217. The lowest BCUT2D eigenvalue weighted by molar-refractivity contribution is 0.326. The first-order valence-corrected chi connectivity index (χ1v) is 9.62. The van der Waals surface area contributed by atoms with Gasteiger partial charge in [0, 0.05) is 54.4 Å². The SMILES string of the molecule is c1ccc2ncc(-c3cc([C@@H]4CCN(Cc5cncnc5)C4)ccn3)cc2c1. The smallest absolute Gasteiger partial charge is 0.115 e. The molecule has 1 aliphatic rings. The largest absolute Gasteiger partial charge is 0.298 e. The Bertz CT molecular complexity index is 1100. The molecule has 4 heterocycles. The molecule has 0 amide bonds. The Kier molecular flexibility index (Phi) is 4.51. The number of hydrogen-bond acceptors (Lipinski definition) is 5. The molecule has 1 atom stereocenters. The summed E-state index contributed by atoms with van der Waals surface area (Å²) in [5, 5.41) is 1.14. The van der Waals surface area contributed by atoms with Crippen molar-refractivity contribution in [1.29, 1.82) is 0 Å². The van der Waals surface area contributed by atoms with Gasteiger partial charge < -0.3 is 0 Å². The number of aromatic nitrogens is 4. The highest BCUT2D eigenvalue weighted by Gasteiger charge is 2.24. The average molecular weight is 367 g/mol. The summed E-state index contributed by atoms with van der Waals surface area (Å²) in [4.78, 5) is 19.9. The van der Waals surface area contributed by atoms with Crippen LogP contribution < -0.4 is 0 Å². The second-order valence-electron chi connectivity index (χ2n) is 7.36. The monoisotopic (exact) mass is 367 g/mol. The fourth-order valence-electron chi connectivity index (χ4n) is 3.99. The molecule has 1 saturated heterocycles. The van der Waals surface area contributed by atoms with Crippen molar-refractivity contribution in [1.82, 2.24) is 24.8 Å². The van der Waals surface area contributed by atoms with Crippen molar-refractivity contribution in [2.24, 2.45) is 0 Å². The number of rotatable bonds is 4. The highest BCUT2D eigenvalue weighted by Crippen LogP contribution is 2.30. The van der Waals surface area contributed by atoms with Crippen molar-refractivity contribution in [3.05, 3.63) is 84.7 Å². The summed E-state index contributed by atoms with van der Waals surface area (Å²) in [6.07, 6.45) is 10.4. The van der Waals surface area contributed by atoms with E-state index in [0.717, 1.165) is 48.2 Å². The molecule has 1 aromatic carbocycles. The van der Waals surface area contributed by atoms with E-state index < -0.39 is 0 Å². The Hall–Kier alpha value is -3.18. The van der Waals surface area contributed by atoms with Gasteiger partial charge >= 0.3 is 0 Å². The number of hydrogen-bond donors (Lipinski definition) is 0. The van der Waals surface area contributed by atoms with Crippen molar-refractivity contribution in [3.63, 3.8) is 0 Å². The molecule has 5 rings (SSSR count). The Morgan fingerprint density at radius 2 is 1.86 bits per heavy atom. The van der Waals surface area contributed by atoms with E-state index in [1.54, 1.807) is 6.33 Å². The van der Waals surface area contributed by atoms with Crippen molar-refractivity contribution >= 4 is 10.9 Å². The lowest BCUT2D eigenvalue weighted by Gasteiger charge is -2.16. The van der Waals surface area contributed by atoms with Crippen LogP contribution in [-0.2, 0) is 6.54 Å². The molecule has 0 aliphatic carbocycles. The number of fused-ring (bicyclic) bond motifs is 1. The van der Waals surface area contributed by atoms with Gasteiger partial charge in [-0.2, -0.15) is 0 Å². The predicted octanol–water partition coefficient (Wildman–Crippen LogP) is 4.08. The van der Waals surface area contributed by atoms with E-state index in [1.165, 1.54) is 11.1 Å². The Balaban J connectivity index is 1.35. The Morgan fingerprint density at radius 1 is 0.964 bits per heavy atom. The van der Waals surface area contributed by atoms with Gasteiger partial charge in [0.15, 0.2) is 0 Å². The maximum Gasteiger partial charge on any atom is 0.115 e. The maximum absolute atomic E-state index is 4.60. The van der Waals surface area contributed by atoms with E-state index in [9.17, 15) is 0 Å². The first-order valence-electron chi connectivity index (χ1n) is 9.62. The van der Waals surface area contributed by atoms with Crippen LogP contribution in [0.5, 0.6) is 0 Å². The lowest BCUT2D eigenvalue weighted by Crippen LogP contribution is -2.20. The van der Waals surface area contributed by atoms with Gasteiger partial charge in [-0.3, -0.25) is 14.9 Å². The van der Waals surface area contributed by atoms with E-state index >= 15 is 0 Å². The van der Waals surface area contributed by atoms with Crippen LogP contribution in [0.25, 0.3) is 22.2 Å². The van der Waals surface area contributed by atoms with Crippen LogP contribution in [0, 0.1) is 0 Å². The van der Waals surface area contributed by atoms with Crippen LogP contribution in [0.1, 0.15) is 23.5 Å². The minimum absolute atomic E-state index is 0.528. The molecule has 5 heteroatoms. The molecule has 3 aromatic heterocycles. The molecule has 0 spiro atoms. The first kappa shape index (κ1) is 17.0. The fourth-order valence-corrected chi connectivity index (χ4v) is 3.99. The quantitative estimate of drug-likeness (QED) is 0.544. The molecule has 4 aromatic rings. The summed E-state index contributed by atoms with van der Waals surface area (Å²) in [5.41, 5.74) is 5.59. The molecular weight excluding hydrogens is 346 g/mol. The van der Waals surface area contributed by atoms with Gasteiger partial charge in [0.1, 0.15) is 6.33 Å². The summed E-state index contributed by atoms with van der Waals surface area (Å²) in [5.74, 6) is 0.528. The molecule has 138 valence electrons. The van der Waals surface area contributed by atoms with Crippen LogP contribution in [0.2, 0.25) is 0 Å². The molecule has 1 fully saturated rings.